The second kappa shape index (κ2) is 6.58. The first-order valence-electron chi connectivity index (χ1n) is 7.06. The largest absolute Gasteiger partial charge is 0.466 e. The van der Waals surface area contributed by atoms with Crippen molar-refractivity contribution in [1.82, 2.24) is 4.90 Å². The van der Waals surface area contributed by atoms with Crippen molar-refractivity contribution in [2.45, 2.75) is 52.1 Å². The monoisotopic (exact) mass is 307 g/mol. The van der Waals surface area contributed by atoms with Crippen LogP contribution in [0.1, 0.15) is 40.5 Å². The number of hydrogen-bond acceptors (Lipinski definition) is 4. The summed E-state index contributed by atoms with van der Waals surface area (Å²) >= 11 is 0. The van der Waals surface area contributed by atoms with Gasteiger partial charge in [-0.25, -0.2) is 13.6 Å². The molecule has 0 saturated carbocycles. The lowest BCUT2D eigenvalue weighted by Crippen LogP contribution is -2.52. The van der Waals surface area contributed by atoms with Gasteiger partial charge in [0.15, 0.2) is 0 Å². The highest BCUT2D eigenvalue weighted by molar-refractivity contribution is 5.70. The van der Waals surface area contributed by atoms with E-state index in [0.717, 1.165) is 4.90 Å². The number of rotatable bonds is 3. The summed E-state index contributed by atoms with van der Waals surface area (Å²) in [4.78, 5) is 24.1. The maximum atomic E-state index is 14.1. The molecule has 0 aromatic rings. The van der Waals surface area contributed by atoms with Gasteiger partial charge >= 0.3 is 12.1 Å². The van der Waals surface area contributed by atoms with Crippen molar-refractivity contribution in [3.8, 4) is 0 Å². The van der Waals surface area contributed by atoms with Crippen LogP contribution in [0.4, 0.5) is 13.6 Å². The molecule has 0 aliphatic carbocycles. The summed E-state index contributed by atoms with van der Waals surface area (Å²) in [7, 11) is 0. The number of carbonyl (C=O) groups is 2. The zero-order chi connectivity index (χ0) is 16.3. The number of esters is 1. The number of alkyl halides is 2. The number of halogens is 2. The van der Waals surface area contributed by atoms with E-state index in [1.54, 1.807) is 27.7 Å². The van der Waals surface area contributed by atoms with E-state index in [9.17, 15) is 18.4 Å². The van der Waals surface area contributed by atoms with Gasteiger partial charge in [0.25, 0.3) is 5.92 Å². The number of amides is 1. The normalized spacial score (nSPS) is 21.8. The lowest BCUT2D eigenvalue weighted by Gasteiger charge is -2.38. The molecule has 1 heterocycles. The van der Waals surface area contributed by atoms with Crippen LogP contribution in [0.5, 0.6) is 0 Å². The lowest BCUT2D eigenvalue weighted by molar-refractivity contribution is -0.154. The quantitative estimate of drug-likeness (QED) is 0.752. The Morgan fingerprint density at radius 2 is 1.95 bits per heavy atom. The summed E-state index contributed by atoms with van der Waals surface area (Å²) in [6.45, 7) is 6.24. The summed E-state index contributed by atoms with van der Waals surface area (Å²) in [5, 5.41) is 0. The highest BCUT2D eigenvalue weighted by atomic mass is 19.3. The molecular weight excluding hydrogens is 284 g/mol. The first-order chi connectivity index (χ1) is 9.55. The van der Waals surface area contributed by atoms with Crippen LogP contribution in [0.15, 0.2) is 0 Å². The van der Waals surface area contributed by atoms with E-state index >= 15 is 0 Å². The molecule has 0 radical (unpaired) electrons. The van der Waals surface area contributed by atoms with Gasteiger partial charge in [0.2, 0.25) is 0 Å². The van der Waals surface area contributed by atoms with Crippen LogP contribution in [-0.4, -0.2) is 48.2 Å². The smallest absolute Gasteiger partial charge is 0.410 e. The van der Waals surface area contributed by atoms with Gasteiger partial charge in [0.1, 0.15) is 5.60 Å². The van der Waals surface area contributed by atoms with Crippen LogP contribution in [0.25, 0.3) is 0 Å². The molecule has 0 spiro atoms. The molecule has 0 aromatic heterocycles. The fourth-order valence-electron chi connectivity index (χ4n) is 2.14. The Balaban J connectivity index is 2.61. The third-order valence-electron chi connectivity index (χ3n) is 3.12. The molecule has 7 heteroatoms. The topological polar surface area (TPSA) is 55.8 Å². The highest BCUT2D eigenvalue weighted by Gasteiger charge is 2.47. The molecule has 122 valence electrons. The number of ether oxygens (including phenoxy) is 2. The van der Waals surface area contributed by atoms with Crippen molar-refractivity contribution >= 4 is 12.1 Å². The summed E-state index contributed by atoms with van der Waals surface area (Å²) in [6, 6.07) is 0. The third kappa shape index (κ3) is 5.47. The van der Waals surface area contributed by atoms with Gasteiger partial charge in [-0.05, 0) is 34.1 Å². The van der Waals surface area contributed by atoms with E-state index < -0.39 is 36.0 Å². The van der Waals surface area contributed by atoms with Crippen molar-refractivity contribution in [3.05, 3.63) is 0 Å². The average molecular weight is 307 g/mol. The van der Waals surface area contributed by atoms with E-state index in [1.807, 2.05) is 0 Å². The molecule has 1 saturated heterocycles. The summed E-state index contributed by atoms with van der Waals surface area (Å²) in [5.41, 5.74) is -0.728. The molecule has 21 heavy (non-hydrogen) atoms. The third-order valence-corrected chi connectivity index (χ3v) is 3.12. The van der Waals surface area contributed by atoms with Crippen LogP contribution in [-0.2, 0) is 14.3 Å². The van der Waals surface area contributed by atoms with Crippen molar-refractivity contribution in [3.63, 3.8) is 0 Å². The molecule has 1 aliphatic rings. The number of hydrogen-bond donors (Lipinski definition) is 0. The number of nitrogens with zero attached hydrogens (tertiary/aromatic N) is 1. The second-order valence-electron chi connectivity index (χ2n) is 6.16. The van der Waals surface area contributed by atoms with Gasteiger partial charge in [-0.1, -0.05) is 0 Å². The van der Waals surface area contributed by atoms with E-state index in [4.69, 9.17) is 9.47 Å². The summed E-state index contributed by atoms with van der Waals surface area (Å²) < 4.78 is 37.9. The minimum absolute atomic E-state index is 0.0467. The van der Waals surface area contributed by atoms with Crippen LogP contribution in [0.2, 0.25) is 0 Å². The SMILES string of the molecule is CCOC(=O)C[C@H]1CCN(C(=O)OC(C)(C)C)CC1(F)F. The van der Waals surface area contributed by atoms with Gasteiger partial charge in [0.05, 0.1) is 19.6 Å². The molecule has 1 amide bonds. The zero-order valence-corrected chi connectivity index (χ0v) is 12.9. The molecule has 1 aliphatic heterocycles. The molecular formula is C14H23F2NO4. The van der Waals surface area contributed by atoms with Crippen LogP contribution in [0, 0.1) is 5.92 Å². The van der Waals surface area contributed by atoms with Gasteiger partial charge in [-0.2, -0.15) is 0 Å². The Morgan fingerprint density at radius 1 is 1.33 bits per heavy atom. The summed E-state index contributed by atoms with van der Waals surface area (Å²) in [5.74, 6) is -4.86. The van der Waals surface area contributed by atoms with E-state index in [1.165, 1.54) is 0 Å². The maximum Gasteiger partial charge on any atom is 0.410 e. The molecule has 0 unspecified atom stereocenters. The Bertz CT molecular complexity index is 393. The number of likely N-dealkylation sites (tertiary alicyclic amines) is 1. The summed E-state index contributed by atoms with van der Waals surface area (Å²) in [6.07, 6.45) is -1.04. The minimum Gasteiger partial charge on any atom is -0.466 e. The fraction of sp³-hybridized carbons (Fsp3) is 0.857. The number of piperidine rings is 1. The molecule has 0 aromatic carbocycles. The highest BCUT2D eigenvalue weighted by Crippen LogP contribution is 2.35. The van der Waals surface area contributed by atoms with E-state index in [0.29, 0.717) is 0 Å². The zero-order valence-electron chi connectivity index (χ0n) is 12.9. The Kier molecular flexibility index (Phi) is 5.53. The lowest BCUT2D eigenvalue weighted by atomic mass is 9.90. The molecule has 0 bridgehead atoms. The van der Waals surface area contributed by atoms with Crippen LogP contribution in [0.3, 0.4) is 0 Å². The van der Waals surface area contributed by atoms with Gasteiger partial charge in [0, 0.05) is 12.5 Å². The van der Waals surface area contributed by atoms with E-state index in [2.05, 4.69) is 0 Å². The predicted octanol–water partition coefficient (Wildman–Crippen LogP) is 2.83. The van der Waals surface area contributed by atoms with Gasteiger partial charge < -0.3 is 14.4 Å². The van der Waals surface area contributed by atoms with Crippen molar-refractivity contribution in [1.29, 1.82) is 0 Å². The molecule has 1 rings (SSSR count). The minimum atomic E-state index is -3.12. The van der Waals surface area contributed by atoms with Crippen molar-refractivity contribution in [2.24, 2.45) is 5.92 Å². The predicted molar refractivity (Wildman–Crippen MR) is 72.1 cm³/mol. The van der Waals surface area contributed by atoms with Crippen molar-refractivity contribution in [2.75, 3.05) is 19.7 Å². The molecule has 0 N–H and O–H groups in total. The standard InChI is InChI=1S/C14H23F2NO4/c1-5-20-11(18)8-10-6-7-17(9-14(10,15)16)12(19)21-13(2,3)4/h10H,5-9H2,1-4H3/t10-/m1/s1. The van der Waals surface area contributed by atoms with Gasteiger partial charge in [-0.15, -0.1) is 0 Å². The molecule has 1 fully saturated rings. The van der Waals surface area contributed by atoms with Crippen LogP contribution < -0.4 is 0 Å². The Labute approximate surface area is 123 Å². The van der Waals surface area contributed by atoms with Gasteiger partial charge in [-0.3, -0.25) is 4.79 Å². The van der Waals surface area contributed by atoms with E-state index in [-0.39, 0.29) is 26.0 Å². The fourth-order valence-corrected chi connectivity index (χ4v) is 2.14. The molecule has 1 atom stereocenters. The Hall–Kier alpha value is -1.40. The molecule has 5 nitrogen and oxygen atoms in total. The van der Waals surface area contributed by atoms with Crippen LogP contribution >= 0.6 is 0 Å². The van der Waals surface area contributed by atoms with Crippen molar-refractivity contribution < 1.29 is 27.8 Å². The second-order valence-corrected chi connectivity index (χ2v) is 6.16. The maximum absolute atomic E-state index is 14.1. The first-order valence-corrected chi connectivity index (χ1v) is 7.06. The Morgan fingerprint density at radius 3 is 2.43 bits per heavy atom. The average Bonchev–Trinajstić information content (AvgIpc) is 2.29. The number of carbonyl (C=O) groups excluding carboxylic acids is 2. The first kappa shape index (κ1) is 17.7.